The zero-order chi connectivity index (χ0) is 11.5. The van der Waals surface area contributed by atoms with Gasteiger partial charge in [0.1, 0.15) is 5.78 Å². The number of nitrogens with one attached hydrogen (secondary N) is 1. The van der Waals surface area contributed by atoms with Crippen LogP contribution in [0.2, 0.25) is 0 Å². The highest BCUT2D eigenvalue weighted by Gasteiger charge is 2.15. The number of fused-ring (bicyclic) bond motifs is 1. The van der Waals surface area contributed by atoms with Gasteiger partial charge in [0.2, 0.25) is 6.79 Å². The van der Waals surface area contributed by atoms with Crippen LogP contribution in [0, 0.1) is 0 Å². The van der Waals surface area contributed by atoms with Crippen molar-refractivity contribution < 1.29 is 19.1 Å². The highest BCUT2D eigenvalue weighted by molar-refractivity contribution is 5.97. The topological polar surface area (TPSA) is 64.6 Å². The highest BCUT2D eigenvalue weighted by Crippen LogP contribution is 2.32. The minimum absolute atomic E-state index is 0.0350. The summed E-state index contributed by atoms with van der Waals surface area (Å²) >= 11 is 0. The minimum Gasteiger partial charge on any atom is -0.454 e. The Morgan fingerprint density at radius 2 is 2.06 bits per heavy atom. The van der Waals surface area contributed by atoms with Gasteiger partial charge in [-0.15, -0.1) is 0 Å². The second-order valence-corrected chi connectivity index (χ2v) is 3.45. The molecule has 5 nitrogen and oxygen atoms in total. The zero-order valence-electron chi connectivity index (χ0n) is 8.78. The largest absolute Gasteiger partial charge is 0.454 e. The molecule has 0 aromatic heterocycles. The summed E-state index contributed by atoms with van der Waals surface area (Å²) in [6.07, 6.45) is 0. The molecule has 0 bridgehead atoms. The number of Topliss-reactive ketones (excluding diaryl/α,β-unsaturated/α-hetero) is 1. The van der Waals surface area contributed by atoms with E-state index in [1.54, 1.807) is 18.2 Å². The quantitative estimate of drug-likeness (QED) is 0.817. The molecule has 1 aliphatic rings. The molecule has 0 saturated heterocycles. The molecule has 1 aromatic rings. The first-order valence-corrected chi connectivity index (χ1v) is 4.84. The summed E-state index contributed by atoms with van der Waals surface area (Å²) in [5.74, 6) is 0.793. The predicted octanol–water partition coefficient (Wildman–Crippen LogP) is 0.734. The normalized spacial score (nSPS) is 12.3. The van der Waals surface area contributed by atoms with Crippen LogP contribution in [-0.4, -0.2) is 25.0 Å². The van der Waals surface area contributed by atoms with Gasteiger partial charge in [-0.3, -0.25) is 9.59 Å². The number of hydrogen-bond donors (Lipinski definition) is 1. The smallest absolute Gasteiger partial charge is 0.251 e. The van der Waals surface area contributed by atoms with E-state index in [4.69, 9.17) is 9.47 Å². The minimum atomic E-state index is -0.298. The predicted molar refractivity (Wildman–Crippen MR) is 55.6 cm³/mol. The zero-order valence-corrected chi connectivity index (χ0v) is 8.78. The van der Waals surface area contributed by atoms with E-state index < -0.39 is 0 Å². The van der Waals surface area contributed by atoms with Crippen molar-refractivity contribution in [3.05, 3.63) is 23.8 Å². The Labute approximate surface area is 92.4 Å². The Morgan fingerprint density at radius 3 is 2.81 bits per heavy atom. The molecule has 0 unspecified atom stereocenters. The number of carbonyl (C=O) groups is 2. The average Bonchev–Trinajstić information content (AvgIpc) is 2.72. The van der Waals surface area contributed by atoms with E-state index in [-0.39, 0.29) is 25.0 Å². The summed E-state index contributed by atoms with van der Waals surface area (Å²) in [4.78, 5) is 22.3. The van der Waals surface area contributed by atoms with Crippen molar-refractivity contribution in [1.82, 2.24) is 5.32 Å². The van der Waals surface area contributed by atoms with E-state index in [9.17, 15) is 9.59 Å². The van der Waals surface area contributed by atoms with Crippen molar-refractivity contribution in [3.8, 4) is 11.5 Å². The summed E-state index contributed by atoms with van der Waals surface area (Å²) in [5, 5.41) is 2.50. The molecule has 1 N–H and O–H groups in total. The molecule has 0 fully saturated rings. The van der Waals surface area contributed by atoms with E-state index in [1.807, 2.05) is 0 Å². The number of amides is 1. The molecule has 1 heterocycles. The molecule has 0 aliphatic carbocycles. The fraction of sp³-hybridized carbons (Fsp3) is 0.273. The molecule has 1 amide bonds. The lowest BCUT2D eigenvalue weighted by molar-refractivity contribution is -0.116. The summed E-state index contributed by atoms with van der Waals surface area (Å²) in [7, 11) is 0. The highest BCUT2D eigenvalue weighted by atomic mass is 16.7. The van der Waals surface area contributed by atoms with Gasteiger partial charge in [-0.2, -0.15) is 0 Å². The van der Waals surface area contributed by atoms with Crippen molar-refractivity contribution in [2.45, 2.75) is 6.92 Å². The number of benzene rings is 1. The third-order valence-corrected chi connectivity index (χ3v) is 2.13. The van der Waals surface area contributed by atoms with Crippen LogP contribution in [-0.2, 0) is 4.79 Å². The van der Waals surface area contributed by atoms with Crippen LogP contribution in [0.3, 0.4) is 0 Å². The maximum absolute atomic E-state index is 11.6. The van der Waals surface area contributed by atoms with Gasteiger partial charge in [0.05, 0.1) is 6.54 Å². The van der Waals surface area contributed by atoms with Crippen LogP contribution in [0.5, 0.6) is 11.5 Å². The lowest BCUT2D eigenvalue weighted by Crippen LogP contribution is -2.28. The van der Waals surface area contributed by atoms with Crippen molar-refractivity contribution in [2.24, 2.45) is 0 Å². The second-order valence-electron chi connectivity index (χ2n) is 3.45. The van der Waals surface area contributed by atoms with Crippen LogP contribution in [0.1, 0.15) is 17.3 Å². The molecule has 1 aromatic carbocycles. The van der Waals surface area contributed by atoms with Crippen LogP contribution in [0.4, 0.5) is 0 Å². The maximum Gasteiger partial charge on any atom is 0.251 e. The molecule has 84 valence electrons. The molecular formula is C11H11NO4. The first-order valence-electron chi connectivity index (χ1n) is 4.84. The lowest BCUT2D eigenvalue weighted by atomic mass is 10.2. The molecule has 0 saturated carbocycles. The lowest BCUT2D eigenvalue weighted by Gasteiger charge is -2.03. The Kier molecular flexibility index (Phi) is 2.76. The number of ketones is 1. The third kappa shape index (κ3) is 2.13. The Morgan fingerprint density at radius 1 is 1.31 bits per heavy atom. The van der Waals surface area contributed by atoms with Gasteiger partial charge in [0.25, 0.3) is 5.91 Å². The number of rotatable bonds is 3. The van der Waals surface area contributed by atoms with E-state index >= 15 is 0 Å². The van der Waals surface area contributed by atoms with Gasteiger partial charge in [-0.1, -0.05) is 0 Å². The first-order chi connectivity index (χ1) is 7.66. The summed E-state index contributed by atoms with van der Waals surface area (Å²) in [6.45, 7) is 1.63. The van der Waals surface area contributed by atoms with E-state index in [0.29, 0.717) is 17.1 Å². The van der Waals surface area contributed by atoms with Gasteiger partial charge >= 0.3 is 0 Å². The summed E-state index contributed by atoms with van der Waals surface area (Å²) < 4.78 is 10.3. The Balaban J connectivity index is 2.09. The standard InChI is InChI=1S/C11H11NO4/c1-7(13)5-12-11(14)8-2-3-9-10(4-8)16-6-15-9/h2-4H,5-6H2,1H3,(H,12,14). The van der Waals surface area contributed by atoms with Crippen molar-refractivity contribution in [3.63, 3.8) is 0 Å². The fourth-order valence-electron chi connectivity index (χ4n) is 1.34. The molecule has 0 radical (unpaired) electrons. The van der Waals surface area contributed by atoms with Crippen LogP contribution in [0.15, 0.2) is 18.2 Å². The van der Waals surface area contributed by atoms with E-state index in [1.165, 1.54) is 6.92 Å². The van der Waals surface area contributed by atoms with Crippen molar-refractivity contribution in [1.29, 1.82) is 0 Å². The Bertz CT molecular complexity index is 442. The van der Waals surface area contributed by atoms with Crippen molar-refractivity contribution >= 4 is 11.7 Å². The van der Waals surface area contributed by atoms with Crippen LogP contribution >= 0.6 is 0 Å². The SMILES string of the molecule is CC(=O)CNC(=O)c1ccc2c(c1)OCO2. The monoisotopic (exact) mass is 221 g/mol. The van der Waals surface area contributed by atoms with Gasteiger partial charge < -0.3 is 14.8 Å². The number of carbonyl (C=O) groups excluding carboxylic acids is 2. The van der Waals surface area contributed by atoms with Crippen LogP contribution in [0.25, 0.3) is 0 Å². The van der Waals surface area contributed by atoms with Crippen molar-refractivity contribution in [2.75, 3.05) is 13.3 Å². The van der Waals surface area contributed by atoms with E-state index in [0.717, 1.165) is 0 Å². The average molecular weight is 221 g/mol. The van der Waals surface area contributed by atoms with Gasteiger partial charge in [-0.05, 0) is 25.1 Å². The summed E-state index contributed by atoms with van der Waals surface area (Å²) in [6, 6.07) is 4.89. The summed E-state index contributed by atoms with van der Waals surface area (Å²) in [5.41, 5.74) is 0.450. The molecule has 5 heteroatoms. The number of ether oxygens (including phenoxy) is 2. The second kappa shape index (κ2) is 4.22. The molecular weight excluding hydrogens is 210 g/mol. The molecule has 0 spiro atoms. The van der Waals surface area contributed by atoms with Gasteiger partial charge in [-0.25, -0.2) is 0 Å². The first kappa shape index (κ1) is 10.5. The molecule has 2 rings (SSSR count). The van der Waals surface area contributed by atoms with Gasteiger partial charge in [0, 0.05) is 5.56 Å². The molecule has 0 atom stereocenters. The molecule has 1 aliphatic heterocycles. The van der Waals surface area contributed by atoms with Gasteiger partial charge in [0.15, 0.2) is 11.5 Å². The fourth-order valence-corrected chi connectivity index (χ4v) is 1.34. The third-order valence-electron chi connectivity index (χ3n) is 2.13. The molecule has 16 heavy (non-hydrogen) atoms. The number of hydrogen-bond acceptors (Lipinski definition) is 4. The Hall–Kier alpha value is -2.04. The maximum atomic E-state index is 11.6. The van der Waals surface area contributed by atoms with E-state index in [2.05, 4.69) is 5.32 Å². The van der Waals surface area contributed by atoms with Crippen LogP contribution < -0.4 is 14.8 Å².